The van der Waals surface area contributed by atoms with E-state index in [1.54, 1.807) is 30.3 Å². The highest BCUT2D eigenvalue weighted by Crippen LogP contribution is 2.38. The molecule has 0 fully saturated rings. The first kappa shape index (κ1) is 25.0. The molecule has 34 heavy (non-hydrogen) atoms. The number of anilines is 1. The number of hydroxylamine groups is 1. The Morgan fingerprint density at radius 3 is 2.41 bits per heavy atom. The van der Waals surface area contributed by atoms with Crippen LogP contribution in [0.4, 0.5) is 5.69 Å². The Hall–Kier alpha value is -3.61. The van der Waals surface area contributed by atoms with Gasteiger partial charge >= 0.3 is 5.97 Å². The summed E-state index contributed by atoms with van der Waals surface area (Å²) < 4.78 is 1.42. The predicted octanol–water partition coefficient (Wildman–Crippen LogP) is 0.435. The molecule has 0 aliphatic carbocycles. The number of benzene rings is 2. The van der Waals surface area contributed by atoms with Crippen molar-refractivity contribution in [3.8, 4) is 0 Å². The van der Waals surface area contributed by atoms with Gasteiger partial charge in [0.25, 0.3) is 0 Å². The van der Waals surface area contributed by atoms with E-state index in [-0.39, 0.29) is 6.54 Å². The molecular formula is C22H25N5O6S. The number of primary amides is 2. The Balaban J connectivity index is 1.98. The Morgan fingerprint density at radius 1 is 1.09 bits per heavy atom. The van der Waals surface area contributed by atoms with E-state index in [1.165, 1.54) is 16.4 Å². The zero-order valence-corrected chi connectivity index (χ0v) is 18.9. The molecule has 3 atom stereocenters. The van der Waals surface area contributed by atoms with E-state index in [9.17, 15) is 24.3 Å². The third-order valence-corrected chi connectivity index (χ3v) is 6.14. The third-order valence-electron chi connectivity index (χ3n) is 5.03. The molecule has 0 spiro atoms. The van der Waals surface area contributed by atoms with Crippen LogP contribution in [0.5, 0.6) is 0 Å². The maximum atomic E-state index is 13.5. The number of nitrogens with two attached hydrogens (primary N) is 2. The third kappa shape index (κ3) is 6.47. The van der Waals surface area contributed by atoms with Crippen LogP contribution in [0.15, 0.2) is 59.5 Å². The Kier molecular flexibility index (Phi) is 8.46. The number of carboxylic acid groups (broad SMARTS) is 1. The fourth-order valence-corrected chi connectivity index (χ4v) is 4.52. The molecule has 0 radical (unpaired) electrons. The second-order valence-corrected chi connectivity index (χ2v) is 8.50. The average molecular weight is 488 g/mol. The van der Waals surface area contributed by atoms with Gasteiger partial charge in [-0.1, -0.05) is 42.5 Å². The van der Waals surface area contributed by atoms with Gasteiger partial charge in [0, 0.05) is 17.1 Å². The van der Waals surface area contributed by atoms with Crippen LogP contribution in [0.2, 0.25) is 0 Å². The van der Waals surface area contributed by atoms with Crippen molar-refractivity contribution < 1.29 is 29.1 Å². The molecule has 0 bridgehead atoms. The summed E-state index contributed by atoms with van der Waals surface area (Å²) in [6.45, 7) is -0.211. The molecule has 2 aromatic rings. The molecule has 0 aromatic heterocycles. The Labute approximate surface area is 199 Å². The molecule has 3 amide bonds. The van der Waals surface area contributed by atoms with Crippen LogP contribution in [0.25, 0.3) is 0 Å². The SMILES string of the molecule is NC(=O)CON1Sc2ccccc2NCC1C(C(=O)N[C@@H](CC(N)=O)C(=O)O)c1ccccc1. The van der Waals surface area contributed by atoms with Crippen LogP contribution in [-0.4, -0.2) is 58.5 Å². The van der Waals surface area contributed by atoms with E-state index in [0.717, 1.165) is 10.6 Å². The quantitative estimate of drug-likeness (QED) is 0.297. The number of hydrogen-bond donors (Lipinski definition) is 5. The number of aliphatic carboxylic acids is 1. The van der Waals surface area contributed by atoms with Gasteiger partial charge in [0.15, 0.2) is 0 Å². The number of hydrogen-bond acceptors (Lipinski definition) is 8. The molecule has 1 aliphatic heterocycles. The molecule has 1 aliphatic rings. The first-order chi connectivity index (χ1) is 16.3. The van der Waals surface area contributed by atoms with Gasteiger partial charge in [0.1, 0.15) is 12.6 Å². The fraction of sp³-hybridized carbons (Fsp3) is 0.273. The summed E-state index contributed by atoms with van der Waals surface area (Å²) in [5.74, 6) is -4.54. The van der Waals surface area contributed by atoms with Crippen LogP contribution in [-0.2, 0) is 24.0 Å². The molecule has 0 saturated heterocycles. The number of carboxylic acids is 1. The average Bonchev–Trinajstić information content (AvgIpc) is 2.97. The molecule has 2 unspecified atom stereocenters. The summed E-state index contributed by atoms with van der Waals surface area (Å²) in [7, 11) is 0. The highest BCUT2D eigenvalue weighted by atomic mass is 32.2. The molecule has 3 rings (SSSR count). The topological polar surface area (TPSA) is 177 Å². The van der Waals surface area contributed by atoms with Crippen LogP contribution < -0.4 is 22.1 Å². The van der Waals surface area contributed by atoms with Gasteiger partial charge in [0.2, 0.25) is 17.7 Å². The van der Waals surface area contributed by atoms with Crippen molar-refractivity contribution in [2.24, 2.45) is 11.5 Å². The van der Waals surface area contributed by atoms with Gasteiger partial charge in [0.05, 0.1) is 18.4 Å². The minimum atomic E-state index is -1.50. The smallest absolute Gasteiger partial charge is 0.326 e. The monoisotopic (exact) mass is 487 g/mol. The lowest BCUT2D eigenvalue weighted by Gasteiger charge is -2.33. The Morgan fingerprint density at radius 2 is 1.76 bits per heavy atom. The minimum absolute atomic E-state index is 0.212. The Bertz CT molecular complexity index is 1050. The molecule has 2 aromatic carbocycles. The summed E-state index contributed by atoms with van der Waals surface area (Å²) in [6, 6.07) is 13.9. The van der Waals surface area contributed by atoms with Crippen LogP contribution in [0.1, 0.15) is 17.9 Å². The van der Waals surface area contributed by atoms with Crippen molar-refractivity contribution in [3.63, 3.8) is 0 Å². The molecule has 0 saturated carbocycles. The standard InChI is InChI=1S/C22H25N5O6S/c23-18(28)10-15(22(31)32)26-21(30)20(13-6-2-1-3-7-13)16-11-25-14-8-4-5-9-17(14)34-27(16)33-12-19(24)29/h1-9,15-16,20,25H,10-12H2,(H2,23,28)(H2,24,29)(H,26,30)(H,31,32)/t15-,16?,20?/m0/s1. The summed E-state index contributed by atoms with van der Waals surface area (Å²) in [4.78, 5) is 54.3. The second kappa shape index (κ2) is 11.5. The number of nitrogens with one attached hydrogen (secondary N) is 2. The van der Waals surface area contributed by atoms with Gasteiger partial charge in [-0.25, -0.2) is 4.79 Å². The maximum Gasteiger partial charge on any atom is 0.326 e. The number of carbonyl (C=O) groups is 4. The van der Waals surface area contributed by atoms with Gasteiger partial charge in [-0.15, -0.1) is 4.47 Å². The minimum Gasteiger partial charge on any atom is -0.480 e. The molecule has 180 valence electrons. The predicted molar refractivity (Wildman–Crippen MR) is 124 cm³/mol. The van der Waals surface area contributed by atoms with Crippen LogP contribution in [0.3, 0.4) is 0 Å². The first-order valence-electron chi connectivity index (χ1n) is 10.3. The first-order valence-corrected chi connectivity index (χ1v) is 11.1. The van der Waals surface area contributed by atoms with Crippen molar-refractivity contribution in [2.45, 2.75) is 29.3 Å². The van der Waals surface area contributed by atoms with Gasteiger partial charge < -0.3 is 27.2 Å². The number of fused-ring (bicyclic) bond motifs is 1. The lowest BCUT2D eigenvalue weighted by Crippen LogP contribution is -2.51. The van der Waals surface area contributed by atoms with Crippen molar-refractivity contribution in [1.29, 1.82) is 0 Å². The lowest BCUT2D eigenvalue weighted by atomic mass is 9.90. The zero-order chi connectivity index (χ0) is 24.7. The fourth-order valence-electron chi connectivity index (χ4n) is 3.51. The summed E-state index contributed by atoms with van der Waals surface area (Å²) >= 11 is 1.17. The van der Waals surface area contributed by atoms with Gasteiger partial charge in [-0.2, -0.15) is 0 Å². The summed E-state index contributed by atoms with van der Waals surface area (Å²) in [6.07, 6.45) is -0.562. The van der Waals surface area contributed by atoms with Crippen molar-refractivity contribution in [3.05, 3.63) is 60.2 Å². The number of rotatable bonds is 10. The lowest BCUT2D eigenvalue weighted by molar-refractivity contribution is -0.148. The maximum absolute atomic E-state index is 13.5. The van der Waals surface area contributed by atoms with Crippen molar-refractivity contribution >= 4 is 41.3 Å². The molecule has 1 heterocycles. The second-order valence-electron chi connectivity index (χ2n) is 7.52. The van der Waals surface area contributed by atoms with Gasteiger partial charge in [-0.3, -0.25) is 19.2 Å². The zero-order valence-electron chi connectivity index (χ0n) is 18.0. The van der Waals surface area contributed by atoms with Crippen molar-refractivity contribution in [1.82, 2.24) is 9.79 Å². The van der Waals surface area contributed by atoms with E-state index < -0.39 is 54.7 Å². The number of nitrogens with zero attached hydrogens (tertiary/aromatic N) is 1. The molecular weight excluding hydrogens is 462 g/mol. The van der Waals surface area contributed by atoms with E-state index in [2.05, 4.69) is 10.6 Å². The van der Waals surface area contributed by atoms with E-state index in [1.807, 2.05) is 24.3 Å². The number of amides is 3. The van der Waals surface area contributed by atoms with Crippen molar-refractivity contribution in [2.75, 3.05) is 18.5 Å². The molecule has 7 N–H and O–H groups in total. The highest BCUT2D eigenvalue weighted by molar-refractivity contribution is 7.97. The summed E-state index contributed by atoms with van der Waals surface area (Å²) in [5, 5.41) is 15.2. The van der Waals surface area contributed by atoms with Crippen LogP contribution in [0, 0.1) is 0 Å². The number of carbonyl (C=O) groups excluding carboxylic acids is 3. The highest BCUT2D eigenvalue weighted by Gasteiger charge is 2.39. The van der Waals surface area contributed by atoms with Crippen LogP contribution >= 0.6 is 11.9 Å². The van der Waals surface area contributed by atoms with E-state index in [4.69, 9.17) is 16.3 Å². The summed E-state index contributed by atoms with van der Waals surface area (Å²) in [5.41, 5.74) is 11.8. The molecule has 12 heteroatoms. The van der Waals surface area contributed by atoms with Gasteiger partial charge in [-0.05, 0) is 29.6 Å². The van der Waals surface area contributed by atoms with E-state index >= 15 is 0 Å². The largest absolute Gasteiger partial charge is 0.480 e. The number of para-hydroxylation sites is 1. The van der Waals surface area contributed by atoms with E-state index in [0.29, 0.717) is 5.56 Å². The normalized spacial score (nSPS) is 17.4. The molecule has 11 nitrogen and oxygen atoms in total.